The fourth-order valence-electron chi connectivity index (χ4n) is 1.55. The molecule has 6 heteroatoms. The van der Waals surface area contributed by atoms with E-state index in [-0.39, 0.29) is 5.56 Å². The first kappa shape index (κ1) is 12.0. The van der Waals surface area contributed by atoms with Crippen LogP contribution in [0.1, 0.15) is 22.0 Å². The number of anilines is 2. The van der Waals surface area contributed by atoms with E-state index < -0.39 is 5.97 Å². The molecule has 2 aromatic rings. The van der Waals surface area contributed by atoms with E-state index >= 15 is 0 Å². The minimum Gasteiger partial charge on any atom is -0.478 e. The summed E-state index contributed by atoms with van der Waals surface area (Å²) < 4.78 is 5.28. The van der Waals surface area contributed by atoms with Crippen molar-refractivity contribution in [2.45, 2.75) is 13.5 Å². The fraction of sp³-hybridized carbons (Fsp3) is 0.167. The van der Waals surface area contributed by atoms with Crippen LogP contribution in [-0.2, 0) is 6.54 Å². The number of oxazole rings is 1. The van der Waals surface area contributed by atoms with Gasteiger partial charge in [0.05, 0.1) is 18.3 Å². The van der Waals surface area contributed by atoms with E-state index in [1.165, 1.54) is 6.07 Å². The van der Waals surface area contributed by atoms with Gasteiger partial charge < -0.3 is 20.6 Å². The van der Waals surface area contributed by atoms with Crippen LogP contribution in [-0.4, -0.2) is 16.1 Å². The lowest BCUT2D eigenvalue weighted by Gasteiger charge is -2.08. The van der Waals surface area contributed by atoms with E-state index in [1.54, 1.807) is 25.3 Å². The summed E-state index contributed by atoms with van der Waals surface area (Å²) in [6.07, 6.45) is 1.61. The summed E-state index contributed by atoms with van der Waals surface area (Å²) in [5.74, 6) is 0.177. The van der Waals surface area contributed by atoms with Crippen molar-refractivity contribution < 1.29 is 14.3 Å². The summed E-state index contributed by atoms with van der Waals surface area (Å²) in [4.78, 5) is 15.1. The number of carboxylic acid groups (broad SMARTS) is 1. The van der Waals surface area contributed by atoms with Crippen LogP contribution in [0.2, 0.25) is 0 Å². The standard InChI is InChI=1S/C12H13N3O3/c1-7-5-15-11(18-7)6-14-10-3-2-8(13)4-9(10)12(16)17/h2-5,14H,6,13H2,1H3,(H,16,17). The van der Waals surface area contributed by atoms with Gasteiger partial charge in [0.15, 0.2) is 0 Å². The molecule has 4 N–H and O–H groups in total. The number of nitrogens with two attached hydrogens (primary N) is 1. The molecule has 0 aliphatic rings. The Labute approximate surface area is 103 Å². The lowest BCUT2D eigenvalue weighted by Crippen LogP contribution is -2.07. The maximum atomic E-state index is 11.1. The molecule has 0 unspecified atom stereocenters. The molecule has 0 spiro atoms. The van der Waals surface area contributed by atoms with Gasteiger partial charge in [0.1, 0.15) is 5.76 Å². The first-order chi connectivity index (χ1) is 8.56. The Morgan fingerprint density at radius 1 is 1.56 bits per heavy atom. The molecule has 0 amide bonds. The maximum absolute atomic E-state index is 11.1. The van der Waals surface area contributed by atoms with Gasteiger partial charge in [-0.05, 0) is 25.1 Å². The van der Waals surface area contributed by atoms with Crippen molar-refractivity contribution in [1.82, 2.24) is 4.98 Å². The third-order valence-electron chi connectivity index (χ3n) is 2.37. The average molecular weight is 247 g/mol. The summed E-state index contributed by atoms with van der Waals surface area (Å²) in [5, 5.41) is 12.0. The summed E-state index contributed by atoms with van der Waals surface area (Å²) >= 11 is 0. The number of hydrogen-bond acceptors (Lipinski definition) is 5. The Bertz CT molecular complexity index is 578. The first-order valence-corrected chi connectivity index (χ1v) is 5.34. The van der Waals surface area contributed by atoms with Gasteiger partial charge in [-0.3, -0.25) is 0 Å². The van der Waals surface area contributed by atoms with Crippen molar-refractivity contribution in [2.24, 2.45) is 0 Å². The highest BCUT2D eigenvalue weighted by molar-refractivity contribution is 5.95. The lowest BCUT2D eigenvalue weighted by atomic mass is 10.1. The molecule has 1 aromatic heterocycles. The zero-order valence-electron chi connectivity index (χ0n) is 9.80. The molecular weight excluding hydrogens is 234 g/mol. The number of aryl methyl sites for hydroxylation is 1. The monoisotopic (exact) mass is 247 g/mol. The molecule has 0 fully saturated rings. The number of aromatic carboxylic acids is 1. The number of nitrogens with one attached hydrogen (secondary N) is 1. The predicted molar refractivity (Wildman–Crippen MR) is 66.4 cm³/mol. The Balaban J connectivity index is 2.16. The zero-order chi connectivity index (χ0) is 13.1. The molecule has 6 nitrogen and oxygen atoms in total. The van der Waals surface area contributed by atoms with E-state index in [2.05, 4.69) is 10.3 Å². The van der Waals surface area contributed by atoms with Crippen LogP contribution in [0.3, 0.4) is 0 Å². The molecular formula is C12H13N3O3. The van der Waals surface area contributed by atoms with E-state index in [0.717, 1.165) is 0 Å². The highest BCUT2D eigenvalue weighted by Gasteiger charge is 2.11. The van der Waals surface area contributed by atoms with Crippen molar-refractivity contribution in [3.63, 3.8) is 0 Å². The number of carboxylic acids is 1. The predicted octanol–water partition coefficient (Wildman–Crippen LogP) is 1.88. The van der Waals surface area contributed by atoms with Crippen molar-refractivity contribution in [1.29, 1.82) is 0 Å². The van der Waals surface area contributed by atoms with Crippen LogP contribution in [0.15, 0.2) is 28.8 Å². The van der Waals surface area contributed by atoms with Crippen molar-refractivity contribution in [3.05, 3.63) is 41.6 Å². The number of aromatic nitrogens is 1. The maximum Gasteiger partial charge on any atom is 0.337 e. The minimum atomic E-state index is -1.03. The average Bonchev–Trinajstić information content (AvgIpc) is 2.73. The smallest absolute Gasteiger partial charge is 0.337 e. The second kappa shape index (κ2) is 4.79. The van der Waals surface area contributed by atoms with Gasteiger partial charge in [0, 0.05) is 11.4 Å². The third kappa shape index (κ3) is 2.60. The zero-order valence-corrected chi connectivity index (χ0v) is 9.80. The van der Waals surface area contributed by atoms with Gasteiger partial charge in [0.2, 0.25) is 5.89 Å². The fourth-order valence-corrected chi connectivity index (χ4v) is 1.55. The second-order valence-corrected chi connectivity index (χ2v) is 3.83. The topological polar surface area (TPSA) is 101 Å². The van der Waals surface area contributed by atoms with Crippen LogP contribution in [0.25, 0.3) is 0 Å². The van der Waals surface area contributed by atoms with Crippen molar-refractivity contribution >= 4 is 17.3 Å². The second-order valence-electron chi connectivity index (χ2n) is 3.83. The van der Waals surface area contributed by atoms with Gasteiger partial charge >= 0.3 is 5.97 Å². The highest BCUT2D eigenvalue weighted by Crippen LogP contribution is 2.19. The number of carbonyl (C=O) groups is 1. The first-order valence-electron chi connectivity index (χ1n) is 5.34. The molecule has 94 valence electrons. The van der Waals surface area contributed by atoms with Crippen LogP contribution < -0.4 is 11.1 Å². The molecule has 1 aromatic carbocycles. The van der Waals surface area contributed by atoms with Crippen LogP contribution >= 0.6 is 0 Å². The Kier molecular flexibility index (Phi) is 3.18. The van der Waals surface area contributed by atoms with Gasteiger partial charge in [-0.15, -0.1) is 0 Å². The molecule has 0 aliphatic carbocycles. The SMILES string of the molecule is Cc1cnc(CNc2ccc(N)cc2C(=O)O)o1. The molecule has 0 atom stereocenters. The molecule has 0 saturated carbocycles. The molecule has 2 rings (SSSR count). The Hall–Kier alpha value is -2.50. The van der Waals surface area contributed by atoms with E-state index in [4.69, 9.17) is 15.3 Å². The molecule has 1 heterocycles. The largest absolute Gasteiger partial charge is 0.478 e. The number of hydrogen-bond donors (Lipinski definition) is 3. The Morgan fingerprint density at radius 3 is 2.94 bits per heavy atom. The Morgan fingerprint density at radius 2 is 2.33 bits per heavy atom. The normalized spacial score (nSPS) is 10.3. The molecule has 0 aliphatic heterocycles. The lowest BCUT2D eigenvalue weighted by molar-refractivity contribution is 0.0698. The summed E-state index contributed by atoms with van der Waals surface area (Å²) in [6.45, 7) is 2.11. The number of nitrogen functional groups attached to an aromatic ring is 1. The molecule has 0 bridgehead atoms. The summed E-state index contributed by atoms with van der Waals surface area (Å²) in [6, 6.07) is 4.66. The van der Waals surface area contributed by atoms with Crippen LogP contribution in [0.5, 0.6) is 0 Å². The number of nitrogens with zero attached hydrogens (tertiary/aromatic N) is 1. The summed E-state index contributed by atoms with van der Waals surface area (Å²) in [7, 11) is 0. The van der Waals surface area contributed by atoms with E-state index in [0.29, 0.717) is 29.6 Å². The molecule has 0 radical (unpaired) electrons. The highest BCUT2D eigenvalue weighted by atomic mass is 16.4. The van der Waals surface area contributed by atoms with Gasteiger partial charge in [-0.1, -0.05) is 0 Å². The molecule has 0 saturated heterocycles. The number of benzene rings is 1. The third-order valence-corrected chi connectivity index (χ3v) is 2.37. The van der Waals surface area contributed by atoms with Crippen LogP contribution in [0.4, 0.5) is 11.4 Å². The number of rotatable bonds is 4. The van der Waals surface area contributed by atoms with Crippen molar-refractivity contribution in [3.8, 4) is 0 Å². The van der Waals surface area contributed by atoms with Crippen LogP contribution in [0, 0.1) is 6.92 Å². The van der Waals surface area contributed by atoms with E-state index in [9.17, 15) is 4.79 Å². The molecule has 18 heavy (non-hydrogen) atoms. The summed E-state index contributed by atoms with van der Waals surface area (Å²) in [5.41, 5.74) is 6.56. The van der Waals surface area contributed by atoms with Gasteiger partial charge in [-0.25, -0.2) is 9.78 Å². The quantitative estimate of drug-likeness (QED) is 0.713. The van der Waals surface area contributed by atoms with Gasteiger partial charge in [0.25, 0.3) is 0 Å². The minimum absolute atomic E-state index is 0.123. The van der Waals surface area contributed by atoms with Gasteiger partial charge in [-0.2, -0.15) is 0 Å². The van der Waals surface area contributed by atoms with Crippen molar-refractivity contribution in [2.75, 3.05) is 11.1 Å². The van der Waals surface area contributed by atoms with E-state index in [1.807, 2.05) is 0 Å².